The van der Waals surface area contributed by atoms with Gasteiger partial charge in [-0.3, -0.25) is 0 Å². The van der Waals surface area contributed by atoms with Gasteiger partial charge in [-0.15, -0.1) is 0 Å². The van der Waals surface area contributed by atoms with Crippen LogP contribution < -0.4 is 56.5 Å². The molecule has 0 spiro atoms. The summed E-state index contributed by atoms with van der Waals surface area (Å²) in [5, 5.41) is 10.1. The molecule has 0 aliphatic rings. The van der Waals surface area contributed by atoms with E-state index in [0.29, 0.717) is 12.7 Å². The number of unbranched alkanes of at least 4 members (excludes halogenated alkanes) is 15. The number of carbonyl (C=O) groups is 2. The zero-order valence-corrected chi connectivity index (χ0v) is 20.9. The quantitative estimate of drug-likeness (QED) is 0.143. The number of carbonyl (C=O) groups excluding carboxylic acids is 2. The fourth-order valence-electron chi connectivity index (χ4n) is 3.01. The molecule has 0 radical (unpaired) electrons. The maximum absolute atomic E-state index is 11.1. The van der Waals surface area contributed by atoms with E-state index in [1.807, 2.05) is 0 Å². The van der Waals surface area contributed by atoms with Crippen LogP contribution in [-0.4, -0.2) is 18.5 Å². The summed E-state index contributed by atoms with van der Waals surface area (Å²) >= 11 is 0. The summed E-state index contributed by atoms with van der Waals surface area (Å²) in [6.07, 6.45) is 22.4. The Morgan fingerprint density at radius 1 is 0.667 bits per heavy atom. The number of carboxylic acid groups (broad SMARTS) is 1. The van der Waals surface area contributed by atoms with Gasteiger partial charge in [-0.1, -0.05) is 103 Å². The molecule has 0 rings (SSSR count). The second kappa shape index (κ2) is 24.4. The summed E-state index contributed by atoms with van der Waals surface area (Å²) in [6, 6.07) is 0. The predicted octanol–water partition coefficient (Wildman–Crippen LogP) is 2.10. The van der Waals surface area contributed by atoms with Gasteiger partial charge in [0, 0.05) is 6.08 Å². The van der Waals surface area contributed by atoms with Crippen LogP contribution in [0.4, 0.5) is 0 Å². The summed E-state index contributed by atoms with van der Waals surface area (Å²) in [4.78, 5) is 21.2. The number of hydrogen-bond acceptors (Lipinski definition) is 4. The van der Waals surface area contributed by atoms with E-state index in [9.17, 15) is 14.7 Å². The third-order valence-corrected chi connectivity index (χ3v) is 4.60. The van der Waals surface area contributed by atoms with Gasteiger partial charge in [-0.05, 0) is 12.5 Å². The molecule has 0 amide bonds. The minimum Gasteiger partial charge on any atom is -0.545 e. The first kappa shape index (κ1) is 29.5. The number of esters is 1. The average Bonchev–Trinajstić information content (AvgIpc) is 2.62. The Hall–Kier alpha value is 0.316. The molecule has 0 aliphatic heterocycles. The Kier molecular flexibility index (Phi) is 26.6. The van der Waals surface area contributed by atoms with Gasteiger partial charge in [0.2, 0.25) is 0 Å². The number of rotatable bonds is 19. The molecule has 0 heterocycles. The third-order valence-electron chi connectivity index (χ3n) is 4.60. The van der Waals surface area contributed by atoms with E-state index in [2.05, 4.69) is 6.92 Å². The van der Waals surface area contributed by atoms with Crippen LogP contribution in [0.25, 0.3) is 0 Å². The van der Waals surface area contributed by atoms with Crippen molar-refractivity contribution in [2.75, 3.05) is 6.61 Å². The van der Waals surface area contributed by atoms with Gasteiger partial charge in [0.25, 0.3) is 0 Å². The molecule has 5 heteroatoms. The van der Waals surface area contributed by atoms with E-state index >= 15 is 0 Å². The normalized spacial score (nSPS) is 10.7. The van der Waals surface area contributed by atoms with Crippen molar-refractivity contribution >= 4 is 11.9 Å². The second-order valence-electron chi connectivity index (χ2n) is 7.12. The zero-order chi connectivity index (χ0) is 19.3. The smallest absolute Gasteiger partial charge is 0.545 e. The van der Waals surface area contributed by atoms with Crippen LogP contribution >= 0.6 is 0 Å². The molecular formula is C22H39KO4. The van der Waals surface area contributed by atoms with Crippen molar-refractivity contribution in [1.29, 1.82) is 0 Å². The molecule has 0 aromatic carbocycles. The number of hydrogen-bond donors (Lipinski definition) is 0. The minimum atomic E-state index is -1.38. The van der Waals surface area contributed by atoms with Gasteiger partial charge in [0.05, 0.1) is 12.6 Å². The maximum Gasteiger partial charge on any atom is 1.00 e. The monoisotopic (exact) mass is 406 g/mol. The first-order chi connectivity index (χ1) is 12.7. The molecule has 0 fully saturated rings. The van der Waals surface area contributed by atoms with E-state index in [1.54, 1.807) is 0 Å². The van der Waals surface area contributed by atoms with Gasteiger partial charge < -0.3 is 14.6 Å². The van der Waals surface area contributed by atoms with Crippen LogP contribution in [0.3, 0.4) is 0 Å². The molecule has 0 unspecified atom stereocenters. The molecule has 0 aromatic heterocycles. The van der Waals surface area contributed by atoms with Crippen molar-refractivity contribution < 1.29 is 70.8 Å². The Labute approximate surface area is 209 Å². The topological polar surface area (TPSA) is 66.4 Å². The summed E-state index contributed by atoms with van der Waals surface area (Å²) in [7, 11) is 0. The first-order valence-electron chi connectivity index (χ1n) is 10.7. The number of ether oxygens (including phenoxy) is 1. The molecule has 0 bridgehead atoms. The van der Waals surface area contributed by atoms with Crippen LogP contribution in [-0.2, 0) is 14.3 Å². The average molecular weight is 407 g/mol. The van der Waals surface area contributed by atoms with E-state index in [0.717, 1.165) is 18.9 Å². The van der Waals surface area contributed by atoms with Crippen LogP contribution in [0.2, 0.25) is 0 Å². The van der Waals surface area contributed by atoms with Crippen LogP contribution in [0.15, 0.2) is 12.2 Å². The fourth-order valence-corrected chi connectivity index (χ4v) is 3.01. The van der Waals surface area contributed by atoms with Crippen molar-refractivity contribution in [3.05, 3.63) is 12.2 Å². The fraction of sp³-hybridized carbons (Fsp3) is 0.818. The van der Waals surface area contributed by atoms with E-state index < -0.39 is 11.9 Å². The van der Waals surface area contributed by atoms with Crippen LogP contribution in [0.5, 0.6) is 0 Å². The van der Waals surface area contributed by atoms with Crippen molar-refractivity contribution in [2.24, 2.45) is 0 Å². The Morgan fingerprint density at radius 3 is 1.41 bits per heavy atom. The van der Waals surface area contributed by atoms with Crippen molar-refractivity contribution in [1.82, 2.24) is 0 Å². The Bertz CT molecular complexity index is 369. The standard InChI is InChI=1S/C22H40O4.K/c1-2-3-4-5-6-7-8-9-10-11-12-13-14-15-16-17-20-26-22(25)19-18-21(23)24;/h18-19H,2-17,20H2,1H3,(H,23,24);/q;+1/p-1. The maximum atomic E-state index is 11.1. The van der Waals surface area contributed by atoms with E-state index in [1.165, 1.54) is 89.9 Å². The molecule has 152 valence electrons. The molecule has 0 saturated carbocycles. The molecule has 0 aliphatic carbocycles. The Balaban J connectivity index is 0. The number of carboxylic acids is 1. The van der Waals surface area contributed by atoms with E-state index in [4.69, 9.17) is 4.74 Å². The molecule has 4 nitrogen and oxygen atoms in total. The zero-order valence-electron chi connectivity index (χ0n) is 17.8. The van der Waals surface area contributed by atoms with Crippen LogP contribution in [0, 0.1) is 0 Å². The van der Waals surface area contributed by atoms with Crippen molar-refractivity contribution in [2.45, 2.75) is 110 Å². The molecule has 0 N–H and O–H groups in total. The molecule has 27 heavy (non-hydrogen) atoms. The third kappa shape index (κ3) is 26.3. The van der Waals surface area contributed by atoms with Gasteiger partial charge in [0.15, 0.2) is 0 Å². The summed E-state index contributed by atoms with van der Waals surface area (Å²) in [5.41, 5.74) is 0. The predicted molar refractivity (Wildman–Crippen MR) is 105 cm³/mol. The van der Waals surface area contributed by atoms with Crippen molar-refractivity contribution in [3.63, 3.8) is 0 Å². The number of aliphatic carboxylic acids is 1. The molecule has 0 saturated heterocycles. The minimum absolute atomic E-state index is 0. The SMILES string of the molecule is CCCCCCCCCCCCCCCCCCOC(=O)C=CC(=O)[O-].[K+]. The van der Waals surface area contributed by atoms with Gasteiger partial charge in [-0.25, -0.2) is 4.79 Å². The van der Waals surface area contributed by atoms with Gasteiger partial charge in [-0.2, -0.15) is 0 Å². The molecule has 0 atom stereocenters. The molecular weight excluding hydrogens is 367 g/mol. The Morgan fingerprint density at radius 2 is 1.04 bits per heavy atom. The van der Waals surface area contributed by atoms with Crippen molar-refractivity contribution in [3.8, 4) is 0 Å². The first-order valence-corrected chi connectivity index (χ1v) is 10.7. The van der Waals surface area contributed by atoms with E-state index in [-0.39, 0.29) is 51.4 Å². The van der Waals surface area contributed by atoms with Gasteiger partial charge >= 0.3 is 57.4 Å². The van der Waals surface area contributed by atoms with Crippen LogP contribution in [0.1, 0.15) is 110 Å². The second-order valence-corrected chi connectivity index (χ2v) is 7.12. The largest absolute Gasteiger partial charge is 1.00 e. The summed E-state index contributed by atoms with van der Waals surface area (Å²) in [6.45, 7) is 2.62. The summed E-state index contributed by atoms with van der Waals surface area (Å²) in [5.74, 6) is -2.00. The molecule has 0 aromatic rings. The van der Waals surface area contributed by atoms with Gasteiger partial charge in [0.1, 0.15) is 0 Å². The summed E-state index contributed by atoms with van der Waals surface area (Å²) < 4.78 is 4.89.